The first-order valence-electron chi connectivity index (χ1n) is 12.0. The number of nitrogens with one attached hydrogen (secondary N) is 3. The number of aliphatic carboxylic acids is 2. The summed E-state index contributed by atoms with van der Waals surface area (Å²) in [7, 11) is 0. The van der Waals surface area contributed by atoms with Crippen LogP contribution in [0.1, 0.15) is 52.5 Å². The highest BCUT2D eigenvalue weighted by atomic mass is 16.4. The van der Waals surface area contributed by atoms with E-state index in [9.17, 15) is 29.1 Å². The molecule has 0 aromatic heterocycles. The van der Waals surface area contributed by atoms with Gasteiger partial charge in [-0.2, -0.15) is 0 Å². The van der Waals surface area contributed by atoms with Crippen molar-refractivity contribution in [3.63, 3.8) is 0 Å². The van der Waals surface area contributed by atoms with Gasteiger partial charge in [0.1, 0.15) is 18.1 Å². The van der Waals surface area contributed by atoms with Crippen LogP contribution < -0.4 is 21.7 Å². The molecule has 7 N–H and O–H groups in total. The molecule has 0 aliphatic heterocycles. The third-order valence-corrected chi connectivity index (χ3v) is 5.99. The summed E-state index contributed by atoms with van der Waals surface area (Å²) < 4.78 is 0. The molecule has 11 heteroatoms. The summed E-state index contributed by atoms with van der Waals surface area (Å²) in [5.74, 6) is -5.09. The molecule has 1 aromatic carbocycles. The van der Waals surface area contributed by atoms with E-state index in [0.717, 1.165) is 5.56 Å². The number of benzene rings is 1. The van der Waals surface area contributed by atoms with Crippen molar-refractivity contribution in [2.24, 2.45) is 17.6 Å². The maximum Gasteiger partial charge on any atom is 0.326 e. The molecule has 1 aromatic rings. The second-order valence-corrected chi connectivity index (χ2v) is 9.22. The first-order chi connectivity index (χ1) is 16.9. The summed E-state index contributed by atoms with van der Waals surface area (Å²) in [6.07, 6.45) is -0.129. The maximum atomic E-state index is 13.2. The van der Waals surface area contributed by atoms with Gasteiger partial charge in [0.05, 0.1) is 6.04 Å². The summed E-state index contributed by atoms with van der Waals surface area (Å²) in [6.45, 7) is 6.96. The van der Waals surface area contributed by atoms with Crippen molar-refractivity contribution in [1.29, 1.82) is 0 Å². The fourth-order valence-corrected chi connectivity index (χ4v) is 3.38. The molecule has 0 fully saturated rings. The number of amides is 3. The molecule has 5 unspecified atom stereocenters. The smallest absolute Gasteiger partial charge is 0.326 e. The first-order valence-corrected chi connectivity index (χ1v) is 12.0. The van der Waals surface area contributed by atoms with E-state index in [1.165, 1.54) is 0 Å². The van der Waals surface area contributed by atoms with Crippen LogP contribution in [0.25, 0.3) is 0 Å². The van der Waals surface area contributed by atoms with Crippen LogP contribution in [0, 0.1) is 11.8 Å². The van der Waals surface area contributed by atoms with E-state index in [2.05, 4.69) is 16.0 Å². The number of carbonyl (C=O) groups excluding carboxylic acids is 3. The highest BCUT2D eigenvalue weighted by Crippen LogP contribution is 2.10. The van der Waals surface area contributed by atoms with Gasteiger partial charge in [-0.3, -0.25) is 19.2 Å². The Bertz CT molecular complexity index is 907. The zero-order valence-electron chi connectivity index (χ0n) is 21.2. The minimum absolute atomic E-state index is 0.0983. The molecule has 11 nitrogen and oxygen atoms in total. The summed E-state index contributed by atoms with van der Waals surface area (Å²) in [5, 5.41) is 26.1. The van der Waals surface area contributed by atoms with Crippen LogP contribution in [0.3, 0.4) is 0 Å². The lowest BCUT2D eigenvalue weighted by Gasteiger charge is -2.27. The number of hydrogen-bond acceptors (Lipinski definition) is 6. The van der Waals surface area contributed by atoms with Gasteiger partial charge in [-0.1, -0.05) is 64.4 Å². The minimum atomic E-state index is -1.33. The highest BCUT2D eigenvalue weighted by molar-refractivity contribution is 5.94. The molecule has 5 atom stereocenters. The van der Waals surface area contributed by atoms with Gasteiger partial charge in [-0.25, -0.2) is 4.79 Å². The second-order valence-electron chi connectivity index (χ2n) is 9.22. The largest absolute Gasteiger partial charge is 0.481 e. The zero-order valence-corrected chi connectivity index (χ0v) is 21.2. The van der Waals surface area contributed by atoms with E-state index in [0.29, 0.717) is 6.42 Å². The van der Waals surface area contributed by atoms with E-state index in [4.69, 9.17) is 10.8 Å². The fourth-order valence-electron chi connectivity index (χ4n) is 3.38. The van der Waals surface area contributed by atoms with Crippen molar-refractivity contribution in [2.45, 2.75) is 77.5 Å². The topological polar surface area (TPSA) is 188 Å². The molecule has 1 rings (SSSR count). The molecule has 0 aliphatic carbocycles. The fraction of sp³-hybridized carbons (Fsp3) is 0.560. The van der Waals surface area contributed by atoms with Gasteiger partial charge >= 0.3 is 11.9 Å². The third kappa shape index (κ3) is 10.0. The van der Waals surface area contributed by atoms with Gasteiger partial charge in [-0.05, 0) is 23.8 Å². The molecule has 36 heavy (non-hydrogen) atoms. The molecule has 0 saturated carbocycles. The molecule has 0 spiro atoms. The average molecular weight is 507 g/mol. The van der Waals surface area contributed by atoms with Crippen molar-refractivity contribution >= 4 is 29.7 Å². The van der Waals surface area contributed by atoms with Gasteiger partial charge in [0.15, 0.2) is 0 Å². The van der Waals surface area contributed by atoms with Crippen molar-refractivity contribution in [3.8, 4) is 0 Å². The van der Waals surface area contributed by atoms with Crippen LogP contribution in [-0.4, -0.2) is 64.0 Å². The van der Waals surface area contributed by atoms with E-state index in [1.807, 2.05) is 0 Å². The first kappa shape index (κ1) is 30.6. The number of rotatable bonds is 15. The van der Waals surface area contributed by atoms with E-state index in [1.54, 1.807) is 58.0 Å². The molecular formula is C25H38N4O7. The van der Waals surface area contributed by atoms with Crippen molar-refractivity contribution < 1.29 is 34.2 Å². The SMILES string of the molecule is CCC(C)C(NC(=O)C(CCC(=O)O)NC(=O)C(Cc1ccccc1)NC(=O)C(N)C(C)C)C(=O)O. The molecular weight excluding hydrogens is 468 g/mol. The average Bonchev–Trinajstić information content (AvgIpc) is 2.83. The van der Waals surface area contributed by atoms with E-state index in [-0.39, 0.29) is 18.8 Å². The van der Waals surface area contributed by atoms with Gasteiger partial charge in [0.2, 0.25) is 17.7 Å². The summed E-state index contributed by atoms with van der Waals surface area (Å²) >= 11 is 0. The number of hydrogen-bond donors (Lipinski definition) is 6. The molecule has 200 valence electrons. The van der Waals surface area contributed by atoms with Gasteiger partial charge < -0.3 is 31.9 Å². The quantitative estimate of drug-likeness (QED) is 0.200. The van der Waals surface area contributed by atoms with Crippen LogP contribution in [0.2, 0.25) is 0 Å². The number of nitrogens with two attached hydrogens (primary N) is 1. The van der Waals surface area contributed by atoms with Gasteiger partial charge in [0.25, 0.3) is 0 Å². The van der Waals surface area contributed by atoms with Crippen LogP contribution in [0.15, 0.2) is 30.3 Å². The Morgan fingerprint density at radius 2 is 1.42 bits per heavy atom. The van der Waals surface area contributed by atoms with Crippen molar-refractivity contribution in [2.75, 3.05) is 0 Å². The second kappa shape index (κ2) is 14.8. The molecule has 0 saturated heterocycles. The number of carbonyl (C=O) groups is 5. The van der Waals surface area contributed by atoms with E-state index >= 15 is 0 Å². The molecule has 0 radical (unpaired) electrons. The zero-order chi connectivity index (χ0) is 27.4. The molecule has 0 heterocycles. The monoisotopic (exact) mass is 506 g/mol. The van der Waals surface area contributed by atoms with Crippen LogP contribution >= 0.6 is 0 Å². The maximum absolute atomic E-state index is 13.2. The number of carboxylic acids is 2. The number of carboxylic acid groups (broad SMARTS) is 2. The normalized spacial score (nSPS) is 15.2. The van der Waals surface area contributed by atoms with Crippen molar-refractivity contribution in [1.82, 2.24) is 16.0 Å². The highest BCUT2D eigenvalue weighted by Gasteiger charge is 2.32. The standard InChI is InChI=1S/C25H38N4O7/c1-5-15(4)21(25(35)36)29-22(32)17(11-12-19(30)31)27-23(33)18(13-16-9-7-6-8-10-16)28-24(34)20(26)14(2)3/h6-10,14-15,17-18,20-21H,5,11-13,26H2,1-4H3,(H,27,33)(H,28,34)(H,29,32)(H,30,31)(H,35,36). The predicted molar refractivity (Wildman–Crippen MR) is 133 cm³/mol. The summed E-state index contributed by atoms with van der Waals surface area (Å²) in [6, 6.07) is 4.38. The Morgan fingerprint density at radius 3 is 1.92 bits per heavy atom. The van der Waals surface area contributed by atoms with E-state index < -0.39 is 66.2 Å². The minimum Gasteiger partial charge on any atom is -0.481 e. The molecule has 0 bridgehead atoms. The lowest BCUT2D eigenvalue weighted by Crippen LogP contribution is -2.58. The van der Waals surface area contributed by atoms with Crippen molar-refractivity contribution in [3.05, 3.63) is 35.9 Å². The predicted octanol–water partition coefficient (Wildman–Crippen LogP) is 0.662. The van der Waals surface area contributed by atoms with Gasteiger partial charge in [-0.15, -0.1) is 0 Å². The molecule has 3 amide bonds. The summed E-state index contributed by atoms with van der Waals surface area (Å²) in [5.41, 5.74) is 6.67. The van der Waals surface area contributed by atoms with Crippen LogP contribution in [0.4, 0.5) is 0 Å². The lowest BCUT2D eigenvalue weighted by atomic mass is 9.98. The van der Waals surface area contributed by atoms with Crippen LogP contribution in [0.5, 0.6) is 0 Å². The lowest BCUT2D eigenvalue weighted by molar-refractivity contribution is -0.144. The van der Waals surface area contributed by atoms with Crippen LogP contribution in [-0.2, 0) is 30.4 Å². The third-order valence-electron chi connectivity index (χ3n) is 5.99. The molecule has 0 aliphatic rings. The Balaban J connectivity index is 3.16. The Hall–Kier alpha value is -3.47. The summed E-state index contributed by atoms with van der Waals surface area (Å²) in [4.78, 5) is 61.6. The van der Waals surface area contributed by atoms with Gasteiger partial charge in [0, 0.05) is 12.8 Å². The Kier molecular flexibility index (Phi) is 12.6. The Morgan fingerprint density at radius 1 is 0.861 bits per heavy atom. The Labute approximate surface area is 211 Å².